The Kier molecular flexibility index (Phi) is 3.63. The van der Waals surface area contributed by atoms with Crippen LogP contribution in [0.15, 0.2) is 30.3 Å². The maximum Gasteiger partial charge on any atom is 0.184 e. The molecule has 5 heteroatoms. The Bertz CT molecular complexity index is 730. The zero-order chi connectivity index (χ0) is 14.1. The van der Waals surface area contributed by atoms with Crippen molar-refractivity contribution in [2.24, 2.45) is 0 Å². The first-order valence-corrected chi connectivity index (χ1v) is 8.21. The number of fused-ring (bicyclic) bond motifs is 1. The predicted molar refractivity (Wildman–Crippen MR) is 89.9 cm³/mol. The lowest BCUT2D eigenvalue weighted by atomic mass is 10.2. The van der Waals surface area contributed by atoms with E-state index in [0.29, 0.717) is 6.04 Å². The highest BCUT2D eigenvalue weighted by Gasteiger charge is 2.09. The standard InChI is InChI=1S/C15H17N3S2/c1-9(7-12-5-3-10(2)19-12)17-15-18-13-6-4-11(16)8-14(13)20-15/h3-6,8-9H,7,16H2,1-2H3,(H,17,18). The molecule has 1 unspecified atom stereocenters. The SMILES string of the molecule is Cc1ccc(CC(C)Nc2nc3ccc(N)cc3s2)s1. The van der Waals surface area contributed by atoms with Crippen molar-refractivity contribution in [3.63, 3.8) is 0 Å². The van der Waals surface area contributed by atoms with E-state index in [-0.39, 0.29) is 0 Å². The molecule has 2 heterocycles. The third-order valence-corrected chi connectivity index (χ3v) is 5.06. The van der Waals surface area contributed by atoms with E-state index in [0.717, 1.165) is 27.5 Å². The lowest BCUT2D eigenvalue weighted by molar-refractivity contribution is 0.799. The quantitative estimate of drug-likeness (QED) is 0.707. The molecule has 104 valence electrons. The number of aromatic nitrogens is 1. The number of hydrogen-bond acceptors (Lipinski definition) is 5. The van der Waals surface area contributed by atoms with Gasteiger partial charge in [-0.05, 0) is 44.2 Å². The molecule has 0 aliphatic rings. The Morgan fingerprint density at radius 1 is 1.25 bits per heavy atom. The van der Waals surface area contributed by atoms with E-state index < -0.39 is 0 Å². The second-order valence-electron chi connectivity index (χ2n) is 5.01. The average Bonchev–Trinajstić information content (AvgIpc) is 2.94. The van der Waals surface area contributed by atoms with Crippen molar-refractivity contribution in [3.8, 4) is 0 Å². The van der Waals surface area contributed by atoms with Gasteiger partial charge in [0, 0.05) is 27.9 Å². The fraction of sp³-hybridized carbons (Fsp3) is 0.267. The van der Waals surface area contributed by atoms with Crippen LogP contribution < -0.4 is 11.1 Å². The number of hydrogen-bond donors (Lipinski definition) is 2. The molecule has 0 spiro atoms. The number of nitrogens with one attached hydrogen (secondary N) is 1. The summed E-state index contributed by atoms with van der Waals surface area (Å²) in [6.07, 6.45) is 1.02. The monoisotopic (exact) mass is 303 g/mol. The number of thiophene rings is 1. The van der Waals surface area contributed by atoms with Crippen LogP contribution in [-0.4, -0.2) is 11.0 Å². The number of nitrogen functional groups attached to an aromatic ring is 1. The zero-order valence-corrected chi connectivity index (χ0v) is 13.1. The molecule has 0 amide bonds. The highest BCUT2D eigenvalue weighted by molar-refractivity contribution is 7.22. The van der Waals surface area contributed by atoms with Crippen molar-refractivity contribution >= 4 is 43.7 Å². The Morgan fingerprint density at radius 3 is 2.85 bits per heavy atom. The van der Waals surface area contributed by atoms with E-state index in [1.54, 1.807) is 11.3 Å². The van der Waals surface area contributed by atoms with Crippen molar-refractivity contribution in [2.75, 3.05) is 11.1 Å². The summed E-state index contributed by atoms with van der Waals surface area (Å²) in [5, 5.41) is 4.45. The van der Waals surface area contributed by atoms with Crippen LogP contribution >= 0.6 is 22.7 Å². The van der Waals surface area contributed by atoms with Gasteiger partial charge in [-0.3, -0.25) is 0 Å². The minimum atomic E-state index is 0.367. The summed E-state index contributed by atoms with van der Waals surface area (Å²) < 4.78 is 1.13. The minimum Gasteiger partial charge on any atom is -0.399 e. The van der Waals surface area contributed by atoms with Crippen LogP contribution in [0, 0.1) is 6.92 Å². The van der Waals surface area contributed by atoms with Crippen LogP contribution in [0.25, 0.3) is 10.2 Å². The molecule has 3 N–H and O–H groups in total. The minimum absolute atomic E-state index is 0.367. The summed E-state index contributed by atoms with van der Waals surface area (Å²) >= 11 is 3.52. The third kappa shape index (κ3) is 2.94. The van der Waals surface area contributed by atoms with Crippen molar-refractivity contribution in [2.45, 2.75) is 26.3 Å². The van der Waals surface area contributed by atoms with Crippen LogP contribution in [0.2, 0.25) is 0 Å². The van der Waals surface area contributed by atoms with Gasteiger partial charge in [0.25, 0.3) is 0 Å². The van der Waals surface area contributed by atoms with Crippen molar-refractivity contribution in [1.82, 2.24) is 4.98 Å². The molecule has 20 heavy (non-hydrogen) atoms. The third-order valence-electron chi connectivity index (χ3n) is 3.09. The van der Waals surface area contributed by atoms with Gasteiger partial charge in [0.15, 0.2) is 5.13 Å². The summed E-state index contributed by atoms with van der Waals surface area (Å²) in [6, 6.07) is 10.6. The highest BCUT2D eigenvalue weighted by Crippen LogP contribution is 2.28. The van der Waals surface area contributed by atoms with Crippen LogP contribution in [0.1, 0.15) is 16.7 Å². The summed E-state index contributed by atoms with van der Waals surface area (Å²) in [6.45, 7) is 4.33. The fourth-order valence-corrected chi connectivity index (χ4v) is 4.21. The van der Waals surface area contributed by atoms with Crippen molar-refractivity contribution in [3.05, 3.63) is 40.1 Å². The number of aryl methyl sites for hydroxylation is 1. The number of nitrogens with zero attached hydrogens (tertiary/aromatic N) is 1. The maximum atomic E-state index is 5.80. The van der Waals surface area contributed by atoms with Gasteiger partial charge in [-0.15, -0.1) is 11.3 Å². The number of benzene rings is 1. The van der Waals surface area contributed by atoms with Crippen LogP contribution in [0.4, 0.5) is 10.8 Å². The molecular formula is C15H17N3S2. The number of nitrogens with two attached hydrogens (primary N) is 1. The second-order valence-corrected chi connectivity index (χ2v) is 7.41. The molecule has 0 bridgehead atoms. The van der Waals surface area contributed by atoms with E-state index in [9.17, 15) is 0 Å². The Labute approximate surface area is 126 Å². The first kappa shape index (κ1) is 13.4. The maximum absolute atomic E-state index is 5.80. The van der Waals surface area contributed by atoms with Gasteiger partial charge in [-0.25, -0.2) is 4.98 Å². The molecule has 1 aromatic carbocycles. The largest absolute Gasteiger partial charge is 0.399 e. The van der Waals surface area contributed by atoms with Crippen molar-refractivity contribution in [1.29, 1.82) is 0 Å². The first-order chi connectivity index (χ1) is 9.60. The molecule has 3 aromatic rings. The van der Waals surface area contributed by atoms with Crippen molar-refractivity contribution < 1.29 is 0 Å². The summed E-state index contributed by atoms with van der Waals surface area (Å²) in [5.74, 6) is 0. The molecular weight excluding hydrogens is 286 g/mol. The number of anilines is 2. The van der Waals surface area contributed by atoms with E-state index in [2.05, 4.69) is 36.3 Å². The molecule has 2 aromatic heterocycles. The summed E-state index contributed by atoms with van der Waals surface area (Å²) in [4.78, 5) is 7.37. The summed E-state index contributed by atoms with van der Waals surface area (Å²) in [5.41, 5.74) is 7.59. The van der Waals surface area contributed by atoms with Gasteiger partial charge in [0.2, 0.25) is 0 Å². The Balaban J connectivity index is 1.72. The molecule has 1 atom stereocenters. The molecule has 0 aliphatic heterocycles. The Morgan fingerprint density at radius 2 is 2.10 bits per heavy atom. The van der Waals surface area contributed by atoms with Crippen LogP contribution in [-0.2, 0) is 6.42 Å². The lowest BCUT2D eigenvalue weighted by Gasteiger charge is -2.11. The van der Waals surface area contributed by atoms with E-state index in [1.807, 2.05) is 29.5 Å². The van der Waals surface area contributed by atoms with Gasteiger partial charge in [-0.2, -0.15) is 0 Å². The smallest absolute Gasteiger partial charge is 0.184 e. The van der Waals surface area contributed by atoms with Gasteiger partial charge in [0.05, 0.1) is 10.2 Å². The highest BCUT2D eigenvalue weighted by atomic mass is 32.1. The van der Waals surface area contributed by atoms with Gasteiger partial charge in [0.1, 0.15) is 0 Å². The second kappa shape index (κ2) is 5.42. The zero-order valence-electron chi connectivity index (χ0n) is 11.5. The van der Waals surface area contributed by atoms with Crippen LogP contribution in [0.5, 0.6) is 0 Å². The molecule has 0 aliphatic carbocycles. The van der Waals surface area contributed by atoms with E-state index >= 15 is 0 Å². The topological polar surface area (TPSA) is 50.9 Å². The van der Waals surface area contributed by atoms with Crippen LogP contribution in [0.3, 0.4) is 0 Å². The predicted octanol–water partition coefficient (Wildman–Crippen LogP) is 4.29. The van der Waals surface area contributed by atoms with E-state index in [4.69, 9.17) is 5.73 Å². The molecule has 0 radical (unpaired) electrons. The average molecular weight is 303 g/mol. The first-order valence-electron chi connectivity index (χ1n) is 6.58. The Hall–Kier alpha value is -1.59. The molecule has 3 rings (SSSR count). The molecule has 3 nitrogen and oxygen atoms in total. The van der Waals surface area contributed by atoms with E-state index in [1.165, 1.54) is 9.75 Å². The van der Waals surface area contributed by atoms with Gasteiger partial charge in [-0.1, -0.05) is 11.3 Å². The number of thiazole rings is 1. The molecule has 0 saturated carbocycles. The van der Waals surface area contributed by atoms with Gasteiger partial charge >= 0.3 is 0 Å². The molecule has 0 fully saturated rings. The normalized spacial score (nSPS) is 12.7. The number of rotatable bonds is 4. The summed E-state index contributed by atoms with van der Waals surface area (Å²) in [7, 11) is 0. The molecule has 0 saturated heterocycles. The van der Waals surface area contributed by atoms with Gasteiger partial charge < -0.3 is 11.1 Å². The fourth-order valence-electron chi connectivity index (χ4n) is 2.16. The lowest BCUT2D eigenvalue weighted by Crippen LogP contribution is -2.17.